The van der Waals surface area contributed by atoms with Crippen LogP contribution in [-0.4, -0.2) is 11.8 Å². The van der Waals surface area contributed by atoms with E-state index in [2.05, 4.69) is 5.32 Å². The molecule has 26 heavy (non-hydrogen) atoms. The van der Waals surface area contributed by atoms with Crippen LogP contribution >= 0.6 is 0 Å². The van der Waals surface area contributed by atoms with Crippen molar-refractivity contribution in [2.75, 3.05) is 5.32 Å². The summed E-state index contributed by atoms with van der Waals surface area (Å²) >= 11 is 0. The Morgan fingerprint density at radius 3 is 1.73 bits per heavy atom. The molecule has 3 aromatic rings. The molecule has 130 valence electrons. The first-order chi connectivity index (χ1) is 12.6. The van der Waals surface area contributed by atoms with E-state index in [1.165, 1.54) is 6.08 Å². The van der Waals surface area contributed by atoms with Gasteiger partial charge < -0.3 is 11.1 Å². The summed E-state index contributed by atoms with van der Waals surface area (Å²) in [6.45, 7) is 0. The number of anilines is 1. The van der Waals surface area contributed by atoms with Gasteiger partial charge >= 0.3 is 0 Å². The largest absolute Gasteiger partial charge is 0.366 e. The number of benzene rings is 3. The molecule has 4 nitrogen and oxygen atoms in total. The molecule has 0 aliphatic carbocycles. The van der Waals surface area contributed by atoms with Gasteiger partial charge in [0.1, 0.15) is 0 Å². The molecule has 0 aliphatic rings. The first-order valence-corrected chi connectivity index (χ1v) is 8.09. The van der Waals surface area contributed by atoms with Crippen LogP contribution in [-0.2, 0) is 4.79 Å². The molecule has 0 aliphatic heterocycles. The highest BCUT2D eigenvalue weighted by molar-refractivity contribution is 6.02. The summed E-state index contributed by atoms with van der Waals surface area (Å²) in [6.07, 6.45) is 3.18. The average Bonchev–Trinajstić information content (AvgIpc) is 2.69. The van der Waals surface area contributed by atoms with E-state index >= 15 is 0 Å². The van der Waals surface area contributed by atoms with E-state index in [0.29, 0.717) is 11.3 Å². The van der Waals surface area contributed by atoms with E-state index < -0.39 is 5.91 Å². The van der Waals surface area contributed by atoms with Crippen molar-refractivity contribution >= 4 is 23.6 Å². The lowest BCUT2D eigenvalue weighted by molar-refractivity contribution is -0.111. The Kier molecular flexibility index (Phi) is 7.37. The van der Waals surface area contributed by atoms with Crippen molar-refractivity contribution in [3.8, 4) is 0 Å². The third-order valence-corrected chi connectivity index (χ3v) is 3.33. The van der Waals surface area contributed by atoms with Crippen LogP contribution < -0.4 is 11.1 Å². The lowest BCUT2D eigenvalue weighted by Gasteiger charge is -2.02. The third kappa shape index (κ3) is 6.84. The Morgan fingerprint density at radius 1 is 0.731 bits per heavy atom. The quantitative estimate of drug-likeness (QED) is 0.699. The second-order valence-electron chi connectivity index (χ2n) is 5.33. The van der Waals surface area contributed by atoms with Crippen molar-refractivity contribution in [3.63, 3.8) is 0 Å². The van der Waals surface area contributed by atoms with Gasteiger partial charge in [0.2, 0.25) is 11.8 Å². The van der Waals surface area contributed by atoms with Crippen LogP contribution in [0.2, 0.25) is 0 Å². The van der Waals surface area contributed by atoms with E-state index in [-0.39, 0.29) is 5.91 Å². The van der Waals surface area contributed by atoms with Gasteiger partial charge in [0.15, 0.2) is 0 Å². The van der Waals surface area contributed by atoms with E-state index in [1.54, 1.807) is 30.3 Å². The molecular formula is C22H20N2O2. The SMILES string of the molecule is NC(=O)c1ccc(NC(=O)C=Cc2ccccc2)cc1.c1ccccc1. The Morgan fingerprint density at radius 2 is 1.23 bits per heavy atom. The lowest BCUT2D eigenvalue weighted by atomic mass is 10.2. The highest BCUT2D eigenvalue weighted by Crippen LogP contribution is 2.09. The van der Waals surface area contributed by atoms with Gasteiger partial charge in [-0.25, -0.2) is 0 Å². The number of rotatable bonds is 4. The number of primary amides is 1. The van der Waals surface area contributed by atoms with Crippen LogP contribution in [0, 0.1) is 0 Å². The van der Waals surface area contributed by atoms with Gasteiger partial charge in [0.05, 0.1) is 0 Å². The van der Waals surface area contributed by atoms with Gasteiger partial charge in [0, 0.05) is 17.3 Å². The fraction of sp³-hybridized carbons (Fsp3) is 0. The van der Waals surface area contributed by atoms with E-state index in [1.807, 2.05) is 66.7 Å². The molecule has 0 saturated carbocycles. The summed E-state index contributed by atoms with van der Waals surface area (Å²) in [5.41, 5.74) is 7.10. The van der Waals surface area contributed by atoms with Gasteiger partial charge in [-0.1, -0.05) is 66.7 Å². The van der Waals surface area contributed by atoms with Gasteiger partial charge in [0.25, 0.3) is 0 Å². The zero-order valence-electron chi connectivity index (χ0n) is 14.2. The second kappa shape index (κ2) is 10.3. The van der Waals surface area contributed by atoms with Gasteiger partial charge in [-0.15, -0.1) is 0 Å². The molecule has 0 heterocycles. The number of nitrogens with two attached hydrogens (primary N) is 1. The van der Waals surface area contributed by atoms with Crippen LogP contribution in [0.4, 0.5) is 5.69 Å². The zero-order valence-corrected chi connectivity index (χ0v) is 14.2. The highest BCUT2D eigenvalue weighted by Gasteiger charge is 2.01. The number of hydrogen-bond donors (Lipinski definition) is 2. The van der Waals surface area contributed by atoms with E-state index in [9.17, 15) is 9.59 Å². The number of carbonyl (C=O) groups excluding carboxylic acids is 2. The summed E-state index contributed by atoms with van der Waals surface area (Å²) in [5.74, 6) is -0.729. The Hall–Kier alpha value is -3.66. The Bertz CT molecular complexity index is 816. The smallest absolute Gasteiger partial charge is 0.248 e. The fourth-order valence-electron chi connectivity index (χ4n) is 2.02. The van der Waals surface area contributed by atoms with Gasteiger partial charge in [-0.2, -0.15) is 0 Å². The molecule has 0 saturated heterocycles. The maximum absolute atomic E-state index is 11.7. The highest BCUT2D eigenvalue weighted by atomic mass is 16.1. The van der Waals surface area contributed by atoms with Crippen LogP contribution in [0.25, 0.3) is 6.08 Å². The van der Waals surface area contributed by atoms with Crippen molar-refractivity contribution in [3.05, 3.63) is 108 Å². The maximum atomic E-state index is 11.7. The van der Waals surface area contributed by atoms with E-state index in [0.717, 1.165) is 5.56 Å². The molecule has 0 radical (unpaired) electrons. The molecule has 3 rings (SSSR count). The number of nitrogens with one attached hydrogen (secondary N) is 1. The molecule has 3 N–H and O–H groups in total. The predicted octanol–water partition coefficient (Wildman–Crippen LogP) is 4.12. The summed E-state index contributed by atoms with van der Waals surface area (Å²) in [5, 5.41) is 2.70. The molecule has 0 atom stereocenters. The average molecular weight is 344 g/mol. The summed E-state index contributed by atoms with van der Waals surface area (Å²) in [7, 11) is 0. The minimum Gasteiger partial charge on any atom is -0.366 e. The molecular weight excluding hydrogens is 324 g/mol. The molecule has 2 amide bonds. The maximum Gasteiger partial charge on any atom is 0.248 e. The molecule has 0 spiro atoms. The van der Waals surface area contributed by atoms with Crippen molar-refractivity contribution in [1.29, 1.82) is 0 Å². The summed E-state index contributed by atoms with van der Waals surface area (Å²) in [4.78, 5) is 22.6. The Balaban J connectivity index is 0.000000342. The van der Waals surface area contributed by atoms with Gasteiger partial charge in [-0.3, -0.25) is 9.59 Å². The monoisotopic (exact) mass is 344 g/mol. The Labute approximate surface area is 153 Å². The van der Waals surface area contributed by atoms with Crippen molar-refractivity contribution in [2.24, 2.45) is 5.73 Å². The minimum atomic E-state index is -0.494. The molecule has 4 heteroatoms. The van der Waals surface area contributed by atoms with Gasteiger partial charge in [-0.05, 0) is 35.9 Å². The minimum absolute atomic E-state index is 0.235. The first-order valence-electron chi connectivity index (χ1n) is 8.09. The van der Waals surface area contributed by atoms with Crippen LogP contribution in [0.15, 0.2) is 97.1 Å². The first kappa shape index (κ1) is 18.7. The second-order valence-corrected chi connectivity index (χ2v) is 5.33. The molecule has 0 unspecified atom stereocenters. The van der Waals surface area contributed by atoms with E-state index in [4.69, 9.17) is 5.73 Å². The molecule has 0 bridgehead atoms. The number of amides is 2. The van der Waals surface area contributed by atoms with Crippen LogP contribution in [0.1, 0.15) is 15.9 Å². The third-order valence-electron chi connectivity index (χ3n) is 3.33. The normalized spacial score (nSPS) is 9.85. The van der Waals surface area contributed by atoms with Crippen LogP contribution in [0.3, 0.4) is 0 Å². The molecule has 3 aromatic carbocycles. The van der Waals surface area contributed by atoms with Crippen molar-refractivity contribution in [2.45, 2.75) is 0 Å². The molecule has 0 aromatic heterocycles. The molecule has 0 fully saturated rings. The lowest BCUT2D eigenvalue weighted by Crippen LogP contribution is -2.11. The number of carbonyl (C=O) groups is 2. The standard InChI is InChI=1S/C16H14N2O2.C6H6/c17-16(20)13-7-9-14(10-8-13)18-15(19)11-6-12-4-2-1-3-5-12;1-2-4-6-5-3-1/h1-11H,(H2,17,20)(H,18,19);1-6H. The van der Waals surface area contributed by atoms with Crippen LogP contribution in [0.5, 0.6) is 0 Å². The van der Waals surface area contributed by atoms with Crippen molar-refractivity contribution in [1.82, 2.24) is 0 Å². The summed E-state index contributed by atoms with van der Waals surface area (Å²) in [6, 6.07) is 27.9. The van der Waals surface area contributed by atoms with Crippen molar-refractivity contribution < 1.29 is 9.59 Å². The predicted molar refractivity (Wildman–Crippen MR) is 106 cm³/mol. The fourth-order valence-corrected chi connectivity index (χ4v) is 2.02. The summed E-state index contributed by atoms with van der Waals surface area (Å²) < 4.78 is 0. The number of hydrogen-bond acceptors (Lipinski definition) is 2. The zero-order chi connectivity index (χ0) is 18.6. The topological polar surface area (TPSA) is 72.2 Å².